The van der Waals surface area contributed by atoms with Crippen molar-refractivity contribution in [2.75, 3.05) is 31.2 Å². The lowest BCUT2D eigenvalue weighted by Crippen LogP contribution is -2.36. The molecule has 1 aliphatic heterocycles. The number of hydrogen-bond acceptors (Lipinski definition) is 4. The van der Waals surface area contributed by atoms with Gasteiger partial charge in [-0.3, -0.25) is 4.99 Å². The van der Waals surface area contributed by atoms with Crippen molar-refractivity contribution in [3.63, 3.8) is 0 Å². The number of hydrogen-bond donors (Lipinski definition) is 0. The summed E-state index contributed by atoms with van der Waals surface area (Å²) in [4.78, 5) is 6.86. The van der Waals surface area contributed by atoms with Gasteiger partial charge in [0, 0.05) is 25.0 Å². The fourth-order valence-corrected chi connectivity index (χ4v) is 4.08. The van der Waals surface area contributed by atoms with E-state index >= 15 is 0 Å². The third-order valence-electron chi connectivity index (χ3n) is 5.07. The average molecular weight is 455 g/mol. The second-order valence-corrected chi connectivity index (χ2v) is 8.28. The Kier molecular flexibility index (Phi) is 7.13. The molecule has 0 N–H and O–H groups in total. The Balaban J connectivity index is 1.42. The Morgan fingerprint density at radius 2 is 1.71 bits per heavy atom. The summed E-state index contributed by atoms with van der Waals surface area (Å²) < 4.78 is 11.3. The molecule has 160 valence electrons. The topological polar surface area (TPSA) is 34.1 Å². The number of ether oxygens (including phenoxy) is 2. The number of aliphatic imine (C=N–C) groups is 1. The van der Waals surface area contributed by atoms with Gasteiger partial charge in [0.1, 0.15) is 6.61 Å². The highest BCUT2D eigenvalue weighted by atomic mass is 35.5. The largest absolute Gasteiger partial charge is 0.486 e. The second-order valence-electron chi connectivity index (χ2n) is 7.47. The van der Waals surface area contributed by atoms with Crippen LogP contribution >= 0.6 is 23.2 Å². The quantitative estimate of drug-likeness (QED) is 0.400. The molecular weight excluding hydrogens is 431 g/mol. The molecule has 4 rings (SSSR count). The van der Waals surface area contributed by atoms with Gasteiger partial charge in [-0.1, -0.05) is 53.0 Å². The van der Waals surface area contributed by atoms with Crippen molar-refractivity contribution in [1.82, 2.24) is 0 Å². The standard InChI is InChI=1S/C25H24Cl2N2O2/c1-18-3-2-4-19(13-18)17-31-25-23(26)14-20(15-24(25)27)16-28-21-5-7-22(8-6-21)29-9-11-30-12-10-29/h2-8,13-16H,9-12,17H2,1H3. The van der Waals surface area contributed by atoms with Gasteiger partial charge in [0.15, 0.2) is 5.75 Å². The molecule has 3 aromatic carbocycles. The van der Waals surface area contributed by atoms with Crippen LogP contribution in [0.1, 0.15) is 16.7 Å². The van der Waals surface area contributed by atoms with Gasteiger partial charge in [-0.25, -0.2) is 0 Å². The van der Waals surface area contributed by atoms with Crippen molar-refractivity contribution in [3.05, 3.63) is 87.4 Å². The SMILES string of the molecule is Cc1cccc(COc2c(Cl)cc(C=Nc3ccc(N4CCOCC4)cc3)cc2Cl)c1. The van der Waals surface area contributed by atoms with Gasteiger partial charge in [-0.2, -0.15) is 0 Å². The molecule has 1 fully saturated rings. The van der Waals surface area contributed by atoms with Crippen LogP contribution in [0.15, 0.2) is 65.7 Å². The van der Waals surface area contributed by atoms with E-state index in [0.29, 0.717) is 22.4 Å². The van der Waals surface area contributed by atoms with E-state index < -0.39 is 0 Å². The summed E-state index contributed by atoms with van der Waals surface area (Å²) >= 11 is 12.9. The highest BCUT2D eigenvalue weighted by molar-refractivity contribution is 6.37. The highest BCUT2D eigenvalue weighted by Crippen LogP contribution is 2.34. The number of rotatable bonds is 6. The van der Waals surface area contributed by atoms with Gasteiger partial charge in [-0.05, 0) is 54.4 Å². The molecule has 0 spiro atoms. The summed E-state index contributed by atoms with van der Waals surface area (Å²) in [5, 5.41) is 0.925. The molecule has 0 unspecified atom stereocenters. The lowest BCUT2D eigenvalue weighted by atomic mass is 10.1. The molecule has 1 aliphatic rings. The Bertz CT molecular complexity index is 1040. The van der Waals surface area contributed by atoms with Crippen molar-refractivity contribution >= 4 is 40.8 Å². The highest BCUT2D eigenvalue weighted by Gasteiger charge is 2.11. The molecule has 1 heterocycles. The lowest BCUT2D eigenvalue weighted by molar-refractivity contribution is 0.122. The first-order valence-corrected chi connectivity index (χ1v) is 11.0. The summed E-state index contributed by atoms with van der Waals surface area (Å²) in [6.07, 6.45) is 1.76. The molecule has 31 heavy (non-hydrogen) atoms. The zero-order valence-electron chi connectivity index (χ0n) is 17.4. The summed E-state index contributed by atoms with van der Waals surface area (Å²) in [5.74, 6) is 0.483. The number of nitrogens with zero attached hydrogens (tertiary/aromatic N) is 2. The average Bonchev–Trinajstić information content (AvgIpc) is 2.78. The van der Waals surface area contributed by atoms with Crippen molar-refractivity contribution < 1.29 is 9.47 Å². The maximum Gasteiger partial charge on any atom is 0.157 e. The fraction of sp³-hybridized carbons (Fsp3) is 0.240. The van der Waals surface area contributed by atoms with E-state index in [4.69, 9.17) is 32.7 Å². The first kappa shape index (κ1) is 21.7. The van der Waals surface area contributed by atoms with Crippen molar-refractivity contribution in [2.24, 2.45) is 4.99 Å². The molecule has 0 radical (unpaired) electrons. The van der Waals surface area contributed by atoms with Gasteiger partial charge >= 0.3 is 0 Å². The molecular formula is C25H24Cl2N2O2. The maximum absolute atomic E-state index is 6.43. The van der Waals surface area contributed by atoms with Gasteiger partial charge in [0.25, 0.3) is 0 Å². The van der Waals surface area contributed by atoms with Crippen LogP contribution in [-0.2, 0) is 11.3 Å². The van der Waals surface area contributed by atoms with Crippen molar-refractivity contribution in [1.29, 1.82) is 0 Å². The minimum absolute atomic E-state index is 0.407. The molecule has 4 nitrogen and oxygen atoms in total. The number of aryl methyl sites for hydroxylation is 1. The van der Waals surface area contributed by atoms with Crippen LogP contribution in [0.2, 0.25) is 10.0 Å². The smallest absolute Gasteiger partial charge is 0.157 e. The van der Waals surface area contributed by atoms with Crippen LogP contribution in [0.4, 0.5) is 11.4 Å². The molecule has 0 aromatic heterocycles. The predicted molar refractivity (Wildman–Crippen MR) is 129 cm³/mol. The van der Waals surface area contributed by atoms with Crippen LogP contribution in [0, 0.1) is 6.92 Å². The Morgan fingerprint density at radius 1 is 1.00 bits per heavy atom. The third-order valence-corrected chi connectivity index (χ3v) is 5.64. The van der Waals surface area contributed by atoms with E-state index in [9.17, 15) is 0 Å². The molecule has 0 bridgehead atoms. The van der Waals surface area contributed by atoms with Crippen LogP contribution in [0.25, 0.3) is 0 Å². The van der Waals surface area contributed by atoms with Crippen LogP contribution in [0.5, 0.6) is 5.75 Å². The van der Waals surface area contributed by atoms with Crippen molar-refractivity contribution in [3.8, 4) is 5.75 Å². The maximum atomic E-state index is 6.43. The second kappa shape index (κ2) is 10.2. The van der Waals surface area contributed by atoms with E-state index in [1.807, 2.05) is 49.4 Å². The number of anilines is 1. The first-order chi connectivity index (χ1) is 15.1. The minimum Gasteiger partial charge on any atom is -0.486 e. The number of benzene rings is 3. The van der Waals surface area contributed by atoms with Crippen LogP contribution < -0.4 is 9.64 Å². The van der Waals surface area contributed by atoms with Crippen LogP contribution in [-0.4, -0.2) is 32.5 Å². The summed E-state index contributed by atoms with van der Waals surface area (Å²) in [6.45, 7) is 5.83. The number of halogens is 2. The van der Waals surface area contributed by atoms with Crippen LogP contribution in [0.3, 0.4) is 0 Å². The van der Waals surface area contributed by atoms with Gasteiger partial charge < -0.3 is 14.4 Å². The van der Waals surface area contributed by atoms with Gasteiger partial charge in [0.05, 0.1) is 28.9 Å². The zero-order chi connectivity index (χ0) is 21.6. The van der Waals surface area contributed by atoms with E-state index in [1.165, 1.54) is 11.3 Å². The van der Waals surface area contributed by atoms with E-state index in [2.05, 4.69) is 28.1 Å². The van der Waals surface area contributed by atoms with Gasteiger partial charge in [0.2, 0.25) is 0 Å². The first-order valence-electron chi connectivity index (χ1n) is 10.2. The fourth-order valence-electron chi connectivity index (χ4n) is 3.47. The zero-order valence-corrected chi connectivity index (χ0v) is 18.9. The molecule has 6 heteroatoms. The summed E-state index contributed by atoms with van der Waals surface area (Å²) in [7, 11) is 0. The molecule has 0 aliphatic carbocycles. The molecule has 0 saturated carbocycles. The molecule has 0 atom stereocenters. The number of morpholine rings is 1. The molecule has 0 amide bonds. The van der Waals surface area contributed by atoms with E-state index in [1.54, 1.807) is 6.21 Å². The predicted octanol–water partition coefficient (Wildman–Crippen LogP) is 6.47. The molecule has 3 aromatic rings. The van der Waals surface area contributed by atoms with E-state index in [0.717, 1.165) is 43.1 Å². The van der Waals surface area contributed by atoms with E-state index in [-0.39, 0.29) is 0 Å². The van der Waals surface area contributed by atoms with Crippen molar-refractivity contribution in [2.45, 2.75) is 13.5 Å². The van der Waals surface area contributed by atoms with Gasteiger partial charge in [-0.15, -0.1) is 0 Å². The normalized spacial score (nSPS) is 14.2. The monoisotopic (exact) mass is 454 g/mol. The Hall–Kier alpha value is -2.53. The Labute approximate surface area is 193 Å². The summed E-state index contributed by atoms with van der Waals surface area (Å²) in [5.41, 5.74) is 5.11. The third kappa shape index (κ3) is 5.79. The minimum atomic E-state index is 0.407. The Morgan fingerprint density at radius 3 is 2.39 bits per heavy atom. The molecule has 1 saturated heterocycles. The lowest BCUT2D eigenvalue weighted by Gasteiger charge is -2.28. The summed E-state index contributed by atoms with van der Waals surface area (Å²) in [6, 6.07) is 19.9.